The van der Waals surface area contributed by atoms with Gasteiger partial charge in [0.2, 0.25) is 0 Å². The van der Waals surface area contributed by atoms with Crippen LogP contribution in [0.3, 0.4) is 0 Å². The Bertz CT molecular complexity index is 1310. The van der Waals surface area contributed by atoms with Gasteiger partial charge in [0.1, 0.15) is 17.5 Å². The number of benzene rings is 2. The Morgan fingerprint density at radius 3 is 2.75 bits per heavy atom. The molecule has 1 unspecified atom stereocenters. The van der Waals surface area contributed by atoms with Gasteiger partial charge in [-0.15, -0.1) is 11.3 Å². The van der Waals surface area contributed by atoms with Crippen molar-refractivity contribution in [1.29, 1.82) is 0 Å². The van der Waals surface area contributed by atoms with Crippen LogP contribution in [0.2, 0.25) is 0 Å². The summed E-state index contributed by atoms with van der Waals surface area (Å²) in [5, 5.41) is 5.21. The van der Waals surface area contributed by atoms with Gasteiger partial charge in [-0.3, -0.25) is 15.1 Å². The standard InChI is InChI=1S/C27H28N4O4S/c1-27(2,3)35-26(33)31-13-11-18(16-31)34-22-10-5-4-8-19(22)21-15-17-7-6-9-20(23(17)29-21)24(32)30-25-28-12-14-36-25/h4-10,12,14,18H,11,13,15-16H2,1-3H3,(H,28,30,32). The van der Waals surface area contributed by atoms with E-state index in [9.17, 15) is 9.59 Å². The molecule has 9 heteroatoms. The number of nitrogens with zero attached hydrogens (tertiary/aromatic N) is 3. The van der Waals surface area contributed by atoms with Crippen molar-refractivity contribution in [3.63, 3.8) is 0 Å². The summed E-state index contributed by atoms with van der Waals surface area (Å²) in [5.41, 5.74) is 3.37. The van der Waals surface area contributed by atoms with Crippen LogP contribution >= 0.6 is 11.3 Å². The smallest absolute Gasteiger partial charge is 0.410 e. The zero-order chi connectivity index (χ0) is 25.3. The molecule has 1 saturated heterocycles. The molecule has 3 heterocycles. The van der Waals surface area contributed by atoms with Gasteiger partial charge in [-0.05, 0) is 44.5 Å². The Labute approximate surface area is 214 Å². The average molecular weight is 505 g/mol. The van der Waals surface area contributed by atoms with Gasteiger partial charge in [0.25, 0.3) is 5.91 Å². The number of carbonyl (C=O) groups excluding carboxylic acids is 2. The van der Waals surface area contributed by atoms with Gasteiger partial charge < -0.3 is 14.4 Å². The number of ether oxygens (including phenoxy) is 2. The minimum Gasteiger partial charge on any atom is -0.488 e. The molecule has 0 saturated carbocycles. The van der Waals surface area contributed by atoms with Crippen molar-refractivity contribution < 1.29 is 19.1 Å². The number of carbonyl (C=O) groups is 2. The number of hydrogen-bond acceptors (Lipinski definition) is 7. The van der Waals surface area contributed by atoms with Crippen LogP contribution < -0.4 is 10.1 Å². The lowest BCUT2D eigenvalue weighted by molar-refractivity contribution is 0.0275. The molecule has 0 radical (unpaired) electrons. The number of rotatable bonds is 5. The molecule has 1 aromatic heterocycles. The van der Waals surface area contributed by atoms with Crippen LogP contribution in [0.25, 0.3) is 0 Å². The average Bonchev–Trinajstić information content (AvgIpc) is 3.59. The fourth-order valence-electron chi connectivity index (χ4n) is 4.31. The number of anilines is 1. The monoisotopic (exact) mass is 504 g/mol. The molecule has 2 aromatic carbocycles. The first kappa shape index (κ1) is 24.0. The van der Waals surface area contributed by atoms with E-state index in [-0.39, 0.29) is 18.1 Å². The molecule has 186 valence electrons. The maximum absolute atomic E-state index is 12.9. The quantitative estimate of drug-likeness (QED) is 0.498. The highest BCUT2D eigenvalue weighted by molar-refractivity contribution is 7.13. The van der Waals surface area contributed by atoms with Crippen molar-refractivity contribution in [3.05, 3.63) is 70.7 Å². The van der Waals surface area contributed by atoms with Crippen molar-refractivity contribution in [2.24, 2.45) is 4.99 Å². The number of para-hydroxylation sites is 2. The fraction of sp³-hybridized carbons (Fsp3) is 0.333. The van der Waals surface area contributed by atoms with Crippen LogP contribution in [0.1, 0.15) is 48.7 Å². The first-order valence-electron chi connectivity index (χ1n) is 11.9. The second-order valence-electron chi connectivity index (χ2n) is 9.79. The maximum Gasteiger partial charge on any atom is 0.410 e. The molecule has 0 aliphatic carbocycles. The molecular weight excluding hydrogens is 476 g/mol. The number of aromatic nitrogens is 1. The highest BCUT2D eigenvalue weighted by atomic mass is 32.1. The number of amides is 2. The largest absolute Gasteiger partial charge is 0.488 e. The summed E-state index contributed by atoms with van der Waals surface area (Å²) < 4.78 is 11.9. The van der Waals surface area contributed by atoms with Crippen molar-refractivity contribution in [1.82, 2.24) is 9.88 Å². The predicted octanol–water partition coefficient (Wildman–Crippen LogP) is 5.46. The van der Waals surface area contributed by atoms with E-state index in [1.807, 2.05) is 62.5 Å². The Kier molecular flexibility index (Phi) is 6.49. The third-order valence-corrected chi connectivity index (χ3v) is 6.60. The first-order chi connectivity index (χ1) is 17.3. The molecule has 8 nitrogen and oxygen atoms in total. The Morgan fingerprint density at radius 1 is 1.14 bits per heavy atom. The lowest BCUT2D eigenvalue weighted by Crippen LogP contribution is -2.36. The van der Waals surface area contributed by atoms with Crippen LogP contribution in [0.15, 0.2) is 59.0 Å². The maximum atomic E-state index is 12.9. The van der Waals surface area contributed by atoms with Crippen LogP contribution in [0.5, 0.6) is 5.75 Å². The highest BCUT2D eigenvalue weighted by Gasteiger charge is 2.32. The number of hydrogen-bond donors (Lipinski definition) is 1. The topological polar surface area (TPSA) is 93.1 Å². The summed E-state index contributed by atoms with van der Waals surface area (Å²) in [7, 11) is 0. The molecule has 3 aromatic rings. The van der Waals surface area contributed by atoms with Gasteiger partial charge >= 0.3 is 6.09 Å². The van der Waals surface area contributed by atoms with E-state index in [2.05, 4.69) is 10.3 Å². The summed E-state index contributed by atoms with van der Waals surface area (Å²) in [6, 6.07) is 13.4. The van der Waals surface area contributed by atoms with E-state index in [1.54, 1.807) is 17.2 Å². The molecule has 1 N–H and O–H groups in total. The fourth-order valence-corrected chi connectivity index (χ4v) is 4.84. The van der Waals surface area contributed by atoms with Crippen LogP contribution in [0.4, 0.5) is 15.6 Å². The lowest BCUT2D eigenvalue weighted by Gasteiger charge is -2.24. The molecule has 1 atom stereocenters. The molecule has 36 heavy (non-hydrogen) atoms. The predicted molar refractivity (Wildman–Crippen MR) is 140 cm³/mol. The number of fused-ring (bicyclic) bond motifs is 1. The van der Waals surface area contributed by atoms with Crippen molar-refractivity contribution in [2.45, 2.75) is 45.3 Å². The summed E-state index contributed by atoms with van der Waals surface area (Å²) in [6.45, 7) is 6.64. The van der Waals surface area contributed by atoms with Gasteiger partial charge in [0.05, 0.1) is 23.5 Å². The SMILES string of the molecule is CC(C)(C)OC(=O)N1CCC(Oc2ccccc2C2=Nc3c(cccc3C(=O)Nc3nccs3)C2)C1. The molecule has 1 fully saturated rings. The summed E-state index contributed by atoms with van der Waals surface area (Å²) in [5.74, 6) is 0.485. The van der Waals surface area contributed by atoms with Crippen molar-refractivity contribution >= 4 is 39.9 Å². The van der Waals surface area contributed by atoms with E-state index >= 15 is 0 Å². The van der Waals surface area contributed by atoms with E-state index in [0.717, 1.165) is 23.3 Å². The van der Waals surface area contributed by atoms with Gasteiger partial charge in [-0.25, -0.2) is 9.78 Å². The molecule has 2 aliphatic heterocycles. The van der Waals surface area contributed by atoms with Crippen molar-refractivity contribution in [3.8, 4) is 5.75 Å². The van der Waals surface area contributed by atoms with Crippen LogP contribution in [0, 0.1) is 0 Å². The van der Waals surface area contributed by atoms with E-state index in [0.29, 0.717) is 41.6 Å². The lowest BCUT2D eigenvalue weighted by atomic mass is 10.0. The normalized spacial score (nSPS) is 16.9. The molecular formula is C27H28N4O4S. The van der Waals surface area contributed by atoms with E-state index in [1.165, 1.54) is 11.3 Å². The zero-order valence-corrected chi connectivity index (χ0v) is 21.3. The number of aliphatic imine (C=N–C) groups is 1. The number of likely N-dealkylation sites (tertiary alicyclic amines) is 1. The second kappa shape index (κ2) is 9.73. The van der Waals surface area contributed by atoms with Gasteiger partial charge in [-0.1, -0.05) is 24.3 Å². The zero-order valence-electron chi connectivity index (χ0n) is 20.5. The van der Waals surface area contributed by atoms with Gasteiger partial charge in [0, 0.05) is 36.5 Å². The minimum atomic E-state index is -0.533. The van der Waals surface area contributed by atoms with Crippen LogP contribution in [-0.2, 0) is 11.2 Å². The Hall–Kier alpha value is -3.72. The molecule has 0 spiro atoms. The number of thiazole rings is 1. The highest BCUT2D eigenvalue weighted by Crippen LogP contribution is 2.35. The molecule has 2 amide bonds. The summed E-state index contributed by atoms with van der Waals surface area (Å²) in [6.07, 6.45) is 2.52. The Balaban J connectivity index is 1.33. The third kappa shape index (κ3) is 5.26. The van der Waals surface area contributed by atoms with E-state index < -0.39 is 5.60 Å². The molecule has 2 aliphatic rings. The molecule has 5 rings (SSSR count). The third-order valence-electron chi connectivity index (χ3n) is 5.91. The van der Waals surface area contributed by atoms with Gasteiger partial charge in [0.15, 0.2) is 5.13 Å². The second-order valence-corrected chi connectivity index (χ2v) is 10.7. The minimum absolute atomic E-state index is 0.136. The first-order valence-corrected chi connectivity index (χ1v) is 12.8. The van der Waals surface area contributed by atoms with Crippen molar-refractivity contribution in [2.75, 3.05) is 18.4 Å². The summed E-state index contributed by atoms with van der Waals surface area (Å²) >= 11 is 1.37. The van der Waals surface area contributed by atoms with E-state index in [4.69, 9.17) is 14.5 Å². The van der Waals surface area contributed by atoms with Gasteiger partial charge in [-0.2, -0.15) is 0 Å². The van der Waals surface area contributed by atoms with Crippen LogP contribution in [-0.4, -0.2) is 52.4 Å². The summed E-state index contributed by atoms with van der Waals surface area (Å²) in [4.78, 5) is 36.0. The number of nitrogens with one attached hydrogen (secondary N) is 1. The molecule has 0 bridgehead atoms. The Morgan fingerprint density at radius 2 is 1.97 bits per heavy atom.